The Bertz CT molecular complexity index is 838. The number of anilines is 2. The van der Waals surface area contributed by atoms with E-state index in [0.717, 1.165) is 22.6 Å². The number of hydrogen-bond acceptors (Lipinski definition) is 4. The quantitative estimate of drug-likeness (QED) is 0.866. The van der Waals surface area contributed by atoms with Crippen LogP contribution in [0, 0.1) is 6.92 Å². The van der Waals surface area contributed by atoms with E-state index in [1.165, 1.54) is 0 Å². The van der Waals surface area contributed by atoms with Gasteiger partial charge in [-0.1, -0.05) is 31.2 Å². The number of hydrogen-bond donors (Lipinski definition) is 2. The molecule has 0 unspecified atom stereocenters. The van der Waals surface area contributed by atoms with Gasteiger partial charge >= 0.3 is 0 Å². The van der Waals surface area contributed by atoms with Crippen LogP contribution in [0.3, 0.4) is 0 Å². The van der Waals surface area contributed by atoms with E-state index in [1.54, 1.807) is 17.8 Å². The average molecular weight is 369 g/mol. The van der Waals surface area contributed by atoms with E-state index in [2.05, 4.69) is 18.3 Å². The fourth-order valence-electron chi connectivity index (χ4n) is 3.15. The lowest BCUT2D eigenvalue weighted by molar-refractivity contribution is -0.117. The largest absolute Gasteiger partial charge is 0.375 e. The maximum Gasteiger partial charge on any atom is 0.251 e. The molecule has 0 radical (unpaired) electrons. The first-order chi connectivity index (χ1) is 12.5. The van der Waals surface area contributed by atoms with Crippen LogP contribution in [0.4, 0.5) is 11.4 Å². The molecule has 1 heterocycles. The Balaban J connectivity index is 1.79. The predicted octanol–water partition coefficient (Wildman–Crippen LogP) is 3.42. The second-order valence-corrected chi connectivity index (χ2v) is 7.93. The van der Waals surface area contributed by atoms with Crippen molar-refractivity contribution >= 4 is 35.0 Å². The summed E-state index contributed by atoms with van der Waals surface area (Å²) in [5.74, 6) is -0.521. The Morgan fingerprint density at radius 1 is 1.23 bits per heavy atom. The molecular weight excluding hydrogens is 346 g/mol. The monoisotopic (exact) mass is 369 g/mol. The number of aryl methyl sites for hydroxylation is 1. The summed E-state index contributed by atoms with van der Waals surface area (Å²) >= 11 is 1.80. The molecule has 3 N–H and O–H groups in total. The van der Waals surface area contributed by atoms with E-state index in [4.69, 9.17) is 5.73 Å². The van der Waals surface area contributed by atoms with E-state index in [0.29, 0.717) is 23.0 Å². The molecule has 136 valence electrons. The third kappa shape index (κ3) is 3.85. The number of fused-ring (bicyclic) bond motifs is 1. The minimum Gasteiger partial charge on any atom is -0.375 e. The van der Waals surface area contributed by atoms with Crippen LogP contribution in [-0.4, -0.2) is 30.2 Å². The van der Waals surface area contributed by atoms with Crippen LogP contribution < -0.4 is 16.0 Å². The summed E-state index contributed by atoms with van der Waals surface area (Å²) in [4.78, 5) is 27.6. The number of para-hydroxylation sites is 1. The highest BCUT2D eigenvalue weighted by Gasteiger charge is 2.24. The zero-order valence-electron chi connectivity index (χ0n) is 15.0. The van der Waals surface area contributed by atoms with Gasteiger partial charge in [0.15, 0.2) is 0 Å². The molecule has 0 aliphatic carbocycles. The van der Waals surface area contributed by atoms with Crippen LogP contribution in [0.15, 0.2) is 47.4 Å². The second kappa shape index (κ2) is 7.83. The lowest BCUT2D eigenvalue weighted by Gasteiger charge is -2.23. The number of nitrogens with two attached hydrogens (primary N) is 1. The average Bonchev–Trinajstić information content (AvgIpc) is 2.77. The molecule has 2 aromatic rings. The summed E-state index contributed by atoms with van der Waals surface area (Å²) in [7, 11) is 0. The van der Waals surface area contributed by atoms with Gasteiger partial charge in [-0.2, -0.15) is 0 Å². The van der Waals surface area contributed by atoms with Crippen LogP contribution >= 0.6 is 11.8 Å². The van der Waals surface area contributed by atoms with Gasteiger partial charge in [-0.3, -0.25) is 9.59 Å². The lowest BCUT2D eigenvalue weighted by Crippen LogP contribution is -2.37. The minimum absolute atomic E-state index is 0.0240. The highest BCUT2D eigenvalue weighted by molar-refractivity contribution is 8.00. The normalized spacial score (nSPS) is 16.5. The summed E-state index contributed by atoms with van der Waals surface area (Å²) in [6.45, 7) is 4.80. The number of benzene rings is 2. The van der Waals surface area contributed by atoms with Crippen LogP contribution in [0.5, 0.6) is 0 Å². The van der Waals surface area contributed by atoms with E-state index in [1.807, 2.05) is 42.2 Å². The fraction of sp³-hybridized carbons (Fsp3) is 0.300. The van der Waals surface area contributed by atoms with Crippen molar-refractivity contribution in [2.75, 3.05) is 23.3 Å². The number of thioether (sulfide) groups is 1. The highest BCUT2D eigenvalue weighted by Crippen LogP contribution is 2.37. The molecule has 2 aromatic carbocycles. The maximum atomic E-state index is 12.9. The van der Waals surface area contributed by atoms with Crippen LogP contribution in [0.1, 0.15) is 29.3 Å². The summed E-state index contributed by atoms with van der Waals surface area (Å²) < 4.78 is 0. The van der Waals surface area contributed by atoms with Crippen molar-refractivity contribution in [1.82, 2.24) is 0 Å². The van der Waals surface area contributed by atoms with Gasteiger partial charge in [0, 0.05) is 22.4 Å². The highest BCUT2D eigenvalue weighted by atomic mass is 32.2. The van der Waals surface area contributed by atoms with Gasteiger partial charge in [0.1, 0.15) is 0 Å². The van der Waals surface area contributed by atoms with Gasteiger partial charge in [-0.05, 0) is 37.1 Å². The molecule has 0 saturated carbocycles. The molecule has 0 saturated heterocycles. The molecular formula is C20H23N3O2S. The Morgan fingerprint density at radius 3 is 2.77 bits per heavy atom. The van der Waals surface area contributed by atoms with Crippen LogP contribution in [0.25, 0.3) is 0 Å². The number of nitrogens with zero attached hydrogens (tertiary/aromatic N) is 1. The van der Waals surface area contributed by atoms with Gasteiger partial charge in [-0.25, -0.2) is 0 Å². The molecule has 3 rings (SSSR count). The smallest absolute Gasteiger partial charge is 0.251 e. The second-order valence-electron chi connectivity index (χ2n) is 6.45. The van der Waals surface area contributed by atoms with Crippen molar-refractivity contribution in [2.24, 2.45) is 5.73 Å². The van der Waals surface area contributed by atoms with Gasteiger partial charge < -0.3 is 16.0 Å². The zero-order chi connectivity index (χ0) is 18.7. The van der Waals surface area contributed by atoms with E-state index in [-0.39, 0.29) is 12.5 Å². The zero-order valence-corrected chi connectivity index (χ0v) is 15.8. The summed E-state index contributed by atoms with van der Waals surface area (Å²) in [6.07, 6.45) is 0.933. The first kappa shape index (κ1) is 18.3. The molecule has 0 spiro atoms. The number of amides is 2. The molecule has 1 aliphatic rings. The first-order valence-electron chi connectivity index (χ1n) is 8.66. The topological polar surface area (TPSA) is 75.4 Å². The summed E-state index contributed by atoms with van der Waals surface area (Å²) in [5, 5.41) is 3.55. The van der Waals surface area contributed by atoms with Gasteiger partial charge in [0.05, 0.1) is 17.8 Å². The molecule has 26 heavy (non-hydrogen) atoms. The SMILES string of the molecule is Cc1cccc(NCC(=O)N2CC[C@H](C)Sc3ccccc32)c1C(N)=O. The van der Waals surface area contributed by atoms with Gasteiger partial charge in [0.2, 0.25) is 5.91 Å². The number of rotatable bonds is 4. The molecule has 0 bridgehead atoms. The van der Waals surface area contributed by atoms with Crippen molar-refractivity contribution < 1.29 is 9.59 Å². The van der Waals surface area contributed by atoms with E-state index in [9.17, 15) is 9.59 Å². The maximum absolute atomic E-state index is 12.9. The Hall–Kier alpha value is -2.47. The lowest BCUT2D eigenvalue weighted by atomic mass is 10.1. The summed E-state index contributed by atoms with van der Waals surface area (Å²) in [6, 6.07) is 13.4. The molecule has 0 aromatic heterocycles. The number of carbonyl (C=O) groups excluding carboxylic acids is 2. The van der Waals surface area contributed by atoms with Gasteiger partial charge in [-0.15, -0.1) is 11.8 Å². The van der Waals surface area contributed by atoms with Crippen LogP contribution in [-0.2, 0) is 4.79 Å². The van der Waals surface area contributed by atoms with Crippen molar-refractivity contribution in [2.45, 2.75) is 30.4 Å². The first-order valence-corrected chi connectivity index (χ1v) is 9.54. The van der Waals surface area contributed by atoms with Crippen LogP contribution in [0.2, 0.25) is 0 Å². The minimum atomic E-state index is -0.497. The van der Waals surface area contributed by atoms with E-state index < -0.39 is 5.91 Å². The van der Waals surface area contributed by atoms with Crippen molar-refractivity contribution in [3.05, 3.63) is 53.6 Å². The van der Waals surface area contributed by atoms with Crippen molar-refractivity contribution in [3.8, 4) is 0 Å². The molecule has 0 fully saturated rings. The van der Waals surface area contributed by atoms with E-state index >= 15 is 0 Å². The van der Waals surface area contributed by atoms with Crippen molar-refractivity contribution in [3.63, 3.8) is 0 Å². The number of carbonyl (C=O) groups is 2. The molecule has 5 nitrogen and oxygen atoms in total. The Kier molecular flexibility index (Phi) is 5.52. The molecule has 6 heteroatoms. The third-order valence-electron chi connectivity index (χ3n) is 4.49. The molecule has 2 amide bonds. The predicted molar refractivity (Wildman–Crippen MR) is 107 cm³/mol. The Labute approximate surface area is 157 Å². The molecule has 1 aliphatic heterocycles. The standard InChI is InChI=1S/C20H23N3O2S/c1-13-6-5-7-15(19(13)20(21)25)22-12-18(24)23-11-10-14(2)26-17-9-4-3-8-16(17)23/h3-9,14,22H,10-12H2,1-2H3,(H2,21,25)/t14-/m0/s1. The fourth-order valence-corrected chi connectivity index (χ4v) is 4.27. The molecule has 1 atom stereocenters. The van der Waals surface area contributed by atoms with Crippen molar-refractivity contribution in [1.29, 1.82) is 0 Å². The van der Waals surface area contributed by atoms with Gasteiger partial charge in [0.25, 0.3) is 5.91 Å². The summed E-state index contributed by atoms with van der Waals surface area (Å²) in [5.41, 5.74) is 8.26. The Morgan fingerprint density at radius 2 is 2.00 bits per heavy atom. The number of nitrogens with one attached hydrogen (secondary N) is 1. The third-order valence-corrected chi connectivity index (χ3v) is 5.73. The number of primary amides is 1.